The van der Waals surface area contributed by atoms with Crippen LogP contribution in [-0.2, 0) is 6.42 Å². The van der Waals surface area contributed by atoms with Crippen molar-refractivity contribution in [3.05, 3.63) is 229 Å². The molecule has 0 aliphatic carbocycles. The maximum Gasteiger partial charge on any atom is 0.0744 e. The molecule has 2 aromatic heterocycles. The summed E-state index contributed by atoms with van der Waals surface area (Å²) >= 11 is 0. The van der Waals surface area contributed by atoms with E-state index in [-0.39, 0.29) is 0 Å². The lowest BCUT2D eigenvalue weighted by Crippen LogP contribution is -2.00. The van der Waals surface area contributed by atoms with Gasteiger partial charge in [0.1, 0.15) is 0 Å². The van der Waals surface area contributed by atoms with Gasteiger partial charge in [0.05, 0.1) is 27.8 Å². The molecule has 10 rings (SSSR count). The zero-order valence-electron chi connectivity index (χ0n) is 30.3. The lowest BCUT2D eigenvalue weighted by molar-refractivity contribution is 1.16. The molecule has 55 heavy (non-hydrogen) atoms. The second-order valence-electron chi connectivity index (χ2n) is 14.0. The van der Waals surface area contributed by atoms with Crippen LogP contribution in [0.3, 0.4) is 0 Å². The minimum Gasteiger partial charge on any atom is -0.309 e. The van der Waals surface area contributed by atoms with E-state index in [4.69, 9.17) is 4.99 Å². The van der Waals surface area contributed by atoms with Crippen molar-refractivity contribution in [1.82, 2.24) is 9.13 Å². The van der Waals surface area contributed by atoms with E-state index in [1.54, 1.807) is 0 Å². The summed E-state index contributed by atoms with van der Waals surface area (Å²) in [7, 11) is 0. The highest BCUT2D eigenvalue weighted by atomic mass is 15.0. The van der Waals surface area contributed by atoms with E-state index in [0.29, 0.717) is 6.42 Å². The largest absolute Gasteiger partial charge is 0.309 e. The van der Waals surface area contributed by atoms with Crippen molar-refractivity contribution in [1.29, 1.82) is 0 Å². The summed E-state index contributed by atoms with van der Waals surface area (Å²) in [6, 6.07) is 73.7. The number of hydrogen-bond acceptors (Lipinski definition) is 1. The number of aromatic nitrogens is 2. The highest BCUT2D eigenvalue weighted by Crippen LogP contribution is 2.37. The third kappa shape index (κ3) is 5.93. The Bertz CT molecular complexity index is 2950. The minimum atomic E-state index is 0.691. The fraction of sp³-hybridized carbons (Fsp3) is 0.0192. The summed E-state index contributed by atoms with van der Waals surface area (Å²) in [4.78, 5) is 5.38. The molecule has 0 saturated heterocycles. The van der Waals surface area contributed by atoms with Gasteiger partial charge in [-0.15, -0.1) is 0 Å². The molecule has 0 saturated carbocycles. The lowest BCUT2D eigenvalue weighted by atomic mass is 9.93. The highest BCUT2D eigenvalue weighted by Gasteiger charge is 2.17. The van der Waals surface area contributed by atoms with Gasteiger partial charge in [-0.2, -0.15) is 0 Å². The average molecular weight is 704 g/mol. The summed E-state index contributed by atoms with van der Waals surface area (Å²) in [5, 5.41) is 5.01. The highest BCUT2D eigenvalue weighted by molar-refractivity contribution is 6.10. The zero-order valence-corrected chi connectivity index (χ0v) is 30.3. The molecular formula is C52H37N3. The van der Waals surface area contributed by atoms with Crippen LogP contribution in [0.25, 0.3) is 66.3 Å². The number of allylic oxidation sites excluding steroid dienone is 1. The van der Waals surface area contributed by atoms with Crippen LogP contribution in [0.5, 0.6) is 0 Å². The van der Waals surface area contributed by atoms with E-state index in [0.717, 1.165) is 39.3 Å². The Morgan fingerprint density at radius 2 is 0.836 bits per heavy atom. The first-order chi connectivity index (χ1) is 27.3. The van der Waals surface area contributed by atoms with Crippen molar-refractivity contribution < 1.29 is 0 Å². The van der Waals surface area contributed by atoms with Gasteiger partial charge < -0.3 is 9.13 Å². The van der Waals surface area contributed by atoms with Gasteiger partial charge in [-0.05, 0) is 70.8 Å². The van der Waals surface area contributed by atoms with Gasteiger partial charge in [-0.3, -0.25) is 4.99 Å². The monoisotopic (exact) mass is 703 g/mol. The maximum absolute atomic E-state index is 5.38. The molecule has 0 N–H and O–H groups in total. The summed E-state index contributed by atoms with van der Waals surface area (Å²) in [6.07, 6.45) is 2.69. The van der Waals surface area contributed by atoms with Crippen LogP contribution in [-0.4, -0.2) is 15.3 Å². The first kappa shape index (κ1) is 32.4. The molecule has 3 heteroatoms. The van der Waals surface area contributed by atoms with E-state index in [1.807, 2.05) is 12.3 Å². The van der Waals surface area contributed by atoms with Crippen LogP contribution in [0.4, 0.5) is 0 Å². The van der Waals surface area contributed by atoms with E-state index in [2.05, 4.69) is 209 Å². The predicted octanol–water partition coefficient (Wildman–Crippen LogP) is 13.1. The number of para-hydroxylation sites is 4. The van der Waals surface area contributed by atoms with Gasteiger partial charge in [-0.1, -0.05) is 158 Å². The molecule has 10 aromatic rings. The Kier molecular flexibility index (Phi) is 8.23. The third-order valence-electron chi connectivity index (χ3n) is 10.6. The van der Waals surface area contributed by atoms with E-state index in [1.165, 1.54) is 49.2 Å². The fourth-order valence-electron chi connectivity index (χ4n) is 8.17. The van der Waals surface area contributed by atoms with Crippen molar-refractivity contribution in [3.63, 3.8) is 0 Å². The number of nitrogens with zero attached hydrogens (tertiary/aromatic N) is 3. The molecule has 8 aromatic carbocycles. The van der Waals surface area contributed by atoms with Gasteiger partial charge in [0.15, 0.2) is 0 Å². The van der Waals surface area contributed by atoms with Crippen LogP contribution in [0.1, 0.15) is 22.3 Å². The molecule has 0 amide bonds. The molecule has 0 unspecified atom stereocenters. The van der Waals surface area contributed by atoms with Gasteiger partial charge in [0, 0.05) is 51.1 Å². The first-order valence-electron chi connectivity index (χ1n) is 18.8. The molecule has 0 radical (unpaired) electrons. The standard InChI is InChI=1S/C52H37N3/c1-3-17-37(18-4-1)36-53-52(40-22-16-24-42(35-40)55-50-31-13-9-27-45(50)46-28-10-14-32-51(46)55)47(39-20-5-2-6-21-39)34-38-19-15-23-41(33-38)54-48-29-11-7-25-43(48)44-26-8-12-30-49(44)54/h1-33,35-36H,34H2/b52-47+,53-36?. The molecule has 0 aliphatic rings. The maximum atomic E-state index is 5.38. The van der Waals surface area contributed by atoms with Crippen LogP contribution < -0.4 is 0 Å². The minimum absolute atomic E-state index is 0.691. The molecule has 2 heterocycles. The molecule has 260 valence electrons. The normalized spacial score (nSPS) is 12.3. The lowest BCUT2D eigenvalue weighted by Gasteiger charge is -2.17. The van der Waals surface area contributed by atoms with E-state index in [9.17, 15) is 0 Å². The van der Waals surface area contributed by atoms with Gasteiger partial charge in [0.2, 0.25) is 0 Å². The first-order valence-corrected chi connectivity index (χ1v) is 18.8. The summed E-state index contributed by atoms with van der Waals surface area (Å²) in [6.45, 7) is 0. The molecular weight excluding hydrogens is 667 g/mol. The molecule has 3 nitrogen and oxygen atoms in total. The summed E-state index contributed by atoms with van der Waals surface area (Å²) < 4.78 is 4.77. The topological polar surface area (TPSA) is 22.2 Å². The van der Waals surface area contributed by atoms with Crippen LogP contribution in [0.2, 0.25) is 0 Å². The van der Waals surface area contributed by atoms with Crippen molar-refractivity contribution in [2.45, 2.75) is 6.42 Å². The SMILES string of the molecule is C(=N/C(=C(\Cc1cccc(-n2c3ccccc3c3ccccc32)c1)c1ccccc1)c1cccc(-n2c3ccccc3c3ccccc32)c1)c1ccccc1. The van der Waals surface area contributed by atoms with E-state index < -0.39 is 0 Å². The summed E-state index contributed by atoms with van der Waals surface area (Å²) in [5.74, 6) is 0. The van der Waals surface area contributed by atoms with Gasteiger partial charge in [0.25, 0.3) is 0 Å². The number of benzene rings is 8. The molecule has 0 bridgehead atoms. The van der Waals surface area contributed by atoms with Crippen molar-refractivity contribution in [2.24, 2.45) is 4.99 Å². The third-order valence-corrected chi connectivity index (χ3v) is 10.6. The van der Waals surface area contributed by atoms with Crippen LogP contribution in [0.15, 0.2) is 211 Å². The second kappa shape index (κ2) is 14.0. The van der Waals surface area contributed by atoms with E-state index >= 15 is 0 Å². The zero-order chi connectivity index (χ0) is 36.6. The Morgan fingerprint density at radius 3 is 1.38 bits per heavy atom. The molecule has 0 aliphatic heterocycles. The van der Waals surface area contributed by atoms with Gasteiger partial charge >= 0.3 is 0 Å². The van der Waals surface area contributed by atoms with Crippen molar-refractivity contribution in [3.8, 4) is 11.4 Å². The van der Waals surface area contributed by atoms with Crippen LogP contribution in [0, 0.1) is 0 Å². The average Bonchev–Trinajstić information content (AvgIpc) is 3.77. The molecule has 0 spiro atoms. The fourth-order valence-corrected chi connectivity index (χ4v) is 8.17. The number of hydrogen-bond donors (Lipinski definition) is 0. The number of rotatable bonds is 8. The smallest absolute Gasteiger partial charge is 0.0744 e. The van der Waals surface area contributed by atoms with Crippen molar-refractivity contribution in [2.75, 3.05) is 0 Å². The predicted molar refractivity (Wildman–Crippen MR) is 233 cm³/mol. The Morgan fingerprint density at radius 1 is 0.400 bits per heavy atom. The van der Waals surface area contributed by atoms with Crippen LogP contribution >= 0.6 is 0 Å². The quantitative estimate of drug-likeness (QED) is 0.111. The van der Waals surface area contributed by atoms with Gasteiger partial charge in [-0.25, -0.2) is 0 Å². The summed E-state index contributed by atoms with van der Waals surface area (Å²) in [5.41, 5.74) is 13.6. The Hall–Kier alpha value is -7.23. The number of fused-ring (bicyclic) bond motifs is 6. The second-order valence-corrected chi connectivity index (χ2v) is 14.0. The Labute approximate surface area is 320 Å². The molecule has 0 atom stereocenters. The molecule has 0 fully saturated rings. The van der Waals surface area contributed by atoms with Crippen molar-refractivity contribution >= 4 is 61.1 Å². The number of aliphatic imine (C=N–C) groups is 1. The Balaban J connectivity index is 1.17.